The molecule has 1 aliphatic carbocycles. The Morgan fingerprint density at radius 3 is 2.53 bits per heavy atom. The van der Waals surface area contributed by atoms with Crippen molar-refractivity contribution in [3.05, 3.63) is 35.9 Å². The van der Waals surface area contributed by atoms with Crippen LogP contribution < -0.4 is 16.0 Å². The number of hydrogen-bond acceptors (Lipinski definition) is 5. The van der Waals surface area contributed by atoms with Crippen molar-refractivity contribution in [2.45, 2.75) is 82.5 Å². The van der Waals surface area contributed by atoms with Crippen molar-refractivity contribution in [2.75, 3.05) is 24.7 Å². The Labute approximate surface area is 221 Å². The van der Waals surface area contributed by atoms with Crippen LogP contribution in [-0.4, -0.2) is 58.6 Å². The van der Waals surface area contributed by atoms with Crippen LogP contribution in [0.15, 0.2) is 30.3 Å². The second kappa shape index (κ2) is 14.6. The maximum Gasteiger partial charge on any atom is 0.238 e. The van der Waals surface area contributed by atoms with E-state index in [0.29, 0.717) is 6.04 Å². The number of nitrogens with one attached hydrogen (secondary N) is 3. The SMILES string of the molecule is Cl.O=C(N[C@H](CCC1CCCCC1)C(=S)NC1CCN(Cc2ccccc2)CC1)[C@@H]1CSCN1. The molecule has 1 aromatic rings. The van der Waals surface area contributed by atoms with E-state index in [-0.39, 0.29) is 30.4 Å². The average molecular weight is 525 g/mol. The predicted octanol–water partition coefficient (Wildman–Crippen LogP) is 4.50. The van der Waals surface area contributed by atoms with Crippen molar-refractivity contribution in [1.29, 1.82) is 0 Å². The second-order valence-electron chi connectivity index (χ2n) is 9.96. The number of amides is 1. The summed E-state index contributed by atoms with van der Waals surface area (Å²) in [7, 11) is 0. The second-order valence-corrected chi connectivity index (χ2v) is 11.4. The molecule has 2 aliphatic heterocycles. The van der Waals surface area contributed by atoms with Gasteiger partial charge in [-0.05, 0) is 37.2 Å². The molecule has 0 aromatic heterocycles. The first-order valence-corrected chi connectivity index (χ1v) is 14.4. The summed E-state index contributed by atoms with van der Waals surface area (Å²) < 4.78 is 0. The Kier molecular flexibility index (Phi) is 11.9. The molecule has 0 radical (unpaired) electrons. The Hall–Kier alpha value is -0.860. The summed E-state index contributed by atoms with van der Waals surface area (Å²) in [4.78, 5) is 16.2. The van der Waals surface area contributed by atoms with Crippen molar-refractivity contribution in [1.82, 2.24) is 20.9 Å². The number of thiocarbonyl (C=S) groups is 1. The standard InChI is InChI=1S/C26H40N4OS2.ClH/c31-25(24-18-33-19-27-24)29-23(12-11-20-7-3-1-4-8-20)26(32)28-22-13-15-30(16-14-22)17-21-9-5-2-6-10-21;/h2,5-6,9-10,20,22-24,27H,1,3-4,7-8,11-19H2,(H,28,32)(H,29,31);1H/t23-,24+;/m1./s1. The largest absolute Gasteiger partial charge is 0.375 e. The molecule has 34 heavy (non-hydrogen) atoms. The quantitative estimate of drug-likeness (QED) is 0.414. The summed E-state index contributed by atoms with van der Waals surface area (Å²) in [6.07, 6.45) is 11.1. The van der Waals surface area contributed by atoms with Gasteiger partial charge in [0.25, 0.3) is 0 Å². The first-order chi connectivity index (χ1) is 16.2. The van der Waals surface area contributed by atoms with Gasteiger partial charge < -0.3 is 10.6 Å². The Balaban J connectivity index is 0.00000324. The van der Waals surface area contributed by atoms with Crippen LogP contribution in [0.2, 0.25) is 0 Å². The highest BCUT2D eigenvalue weighted by atomic mass is 35.5. The van der Waals surface area contributed by atoms with E-state index >= 15 is 0 Å². The molecule has 0 unspecified atom stereocenters. The normalized spacial score (nSPS) is 23.1. The van der Waals surface area contributed by atoms with Crippen LogP contribution in [0.3, 0.4) is 0 Å². The summed E-state index contributed by atoms with van der Waals surface area (Å²) in [6.45, 7) is 3.18. The van der Waals surface area contributed by atoms with Gasteiger partial charge in [0.1, 0.15) is 0 Å². The number of hydrogen-bond donors (Lipinski definition) is 3. The van der Waals surface area contributed by atoms with Crippen molar-refractivity contribution in [2.24, 2.45) is 5.92 Å². The zero-order chi connectivity index (χ0) is 22.9. The smallest absolute Gasteiger partial charge is 0.238 e. The fraction of sp³-hybridized carbons (Fsp3) is 0.692. The first kappa shape index (κ1) is 27.7. The van der Waals surface area contributed by atoms with E-state index in [9.17, 15) is 4.79 Å². The molecule has 3 N–H and O–H groups in total. The zero-order valence-corrected chi connectivity index (χ0v) is 22.6. The number of thioether (sulfide) groups is 1. The third-order valence-electron chi connectivity index (χ3n) is 7.44. The number of piperidine rings is 1. The molecule has 190 valence electrons. The highest BCUT2D eigenvalue weighted by molar-refractivity contribution is 7.99. The minimum atomic E-state index is -0.0868. The molecule has 0 bridgehead atoms. The lowest BCUT2D eigenvalue weighted by molar-refractivity contribution is -0.122. The topological polar surface area (TPSA) is 56.4 Å². The van der Waals surface area contributed by atoms with Gasteiger partial charge in [-0.1, -0.05) is 74.7 Å². The summed E-state index contributed by atoms with van der Waals surface area (Å²) in [5.41, 5.74) is 1.38. The molecule has 0 spiro atoms. The molecule has 4 rings (SSSR count). The Morgan fingerprint density at radius 1 is 1.12 bits per heavy atom. The third kappa shape index (κ3) is 8.66. The first-order valence-electron chi connectivity index (χ1n) is 12.9. The van der Waals surface area contributed by atoms with E-state index in [1.54, 1.807) is 11.8 Å². The zero-order valence-electron chi connectivity index (χ0n) is 20.2. The highest BCUT2D eigenvalue weighted by Gasteiger charge is 2.28. The van der Waals surface area contributed by atoms with Crippen LogP contribution in [0.4, 0.5) is 0 Å². The van der Waals surface area contributed by atoms with Crippen LogP contribution in [0, 0.1) is 5.92 Å². The fourth-order valence-electron chi connectivity index (χ4n) is 5.36. The van der Waals surface area contributed by atoms with Crippen LogP contribution in [0.5, 0.6) is 0 Å². The van der Waals surface area contributed by atoms with Crippen molar-refractivity contribution < 1.29 is 4.79 Å². The molecule has 1 saturated carbocycles. The van der Waals surface area contributed by atoms with Crippen molar-refractivity contribution >= 4 is 47.3 Å². The number of carbonyl (C=O) groups excluding carboxylic acids is 1. The summed E-state index contributed by atoms with van der Waals surface area (Å²) in [6, 6.07) is 11.0. The minimum Gasteiger partial charge on any atom is -0.375 e. The summed E-state index contributed by atoms with van der Waals surface area (Å²) in [5.74, 6) is 2.61. The Morgan fingerprint density at radius 2 is 1.85 bits per heavy atom. The van der Waals surface area contributed by atoms with Gasteiger partial charge in [0.15, 0.2) is 0 Å². The lowest BCUT2D eigenvalue weighted by Gasteiger charge is -2.34. The van der Waals surface area contributed by atoms with Gasteiger partial charge in [0.2, 0.25) is 5.91 Å². The van der Waals surface area contributed by atoms with Gasteiger partial charge in [-0.3, -0.25) is 15.0 Å². The van der Waals surface area contributed by atoms with Crippen LogP contribution in [-0.2, 0) is 11.3 Å². The number of benzene rings is 1. The molecule has 2 heterocycles. The number of likely N-dealkylation sites (tertiary alicyclic amines) is 1. The number of carbonyl (C=O) groups is 1. The molecule has 2 saturated heterocycles. The van der Waals surface area contributed by atoms with Gasteiger partial charge in [0.05, 0.1) is 17.1 Å². The van der Waals surface area contributed by atoms with Crippen LogP contribution in [0.1, 0.15) is 63.4 Å². The monoisotopic (exact) mass is 524 g/mol. The molecule has 1 amide bonds. The molecule has 8 heteroatoms. The minimum absolute atomic E-state index is 0. The number of nitrogens with zero attached hydrogens (tertiary/aromatic N) is 1. The van der Waals surface area contributed by atoms with Crippen LogP contribution >= 0.6 is 36.4 Å². The highest BCUT2D eigenvalue weighted by Crippen LogP contribution is 2.28. The van der Waals surface area contributed by atoms with Gasteiger partial charge in [-0.15, -0.1) is 24.2 Å². The molecule has 2 atom stereocenters. The van der Waals surface area contributed by atoms with Gasteiger partial charge >= 0.3 is 0 Å². The van der Waals surface area contributed by atoms with Gasteiger partial charge in [-0.25, -0.2) is 0 Å². The van der Waals surface area contributed by atoms with Crippen LogP contribution in [0.25, 0.3) is 0 Å². The lowest BCUT2D eigenvalue weighted by Crippen LogP contribution is -2.54. The summed E-state index contributed by atoms with van der Waals surface area (Å²) in [5, 5.41) is 10.2. The van der Waals surface area contributed by atoms with E-state index in [1.165, 1.54) is 37.7 Å². The molecule has 3 aliphatic rings. The number of halogens is 1. The molecule has 1 aromatic carbocycles. The molecular formula is C26H41ClN4OS2. The third-order valence-corrected chi connectivity index (χ3v) is 8.78. The summed E-state index contributed by atoms with van der Waals surface area (Å²) >= 11 is 7.67. The maximum atomic E-state index is 12.8. The van der Waals surface area contributed by atoms with Crippen molar-refractivity contribution in [3.63, 3.8) is 0 Å². The molecule has 5 nitrogen and oxygen atoms in total. The fourth-order valence-corrected chi connectivity index (χ4v) is 6.65. The molecular weight excluding hydrogens is 484 g/mol. The number of rotatable bonds is 9. The van der Waals surface area contributed by atoms with E-state index < -0.39 is 0 Å². The van der Waals surface area contributed by atoms with E-state index in [1.807, 2.05) is 0 Å². The maximum absolute atomic E-state index is 12.8. The lowest BCUT2D eigenvalue weighted by atomic mass is 9.85. The average Bonchev–Trinajstić information content (AvgIpc) is 3.39. The van der Waals surface area contributed by atoms with Gasteiger partial charge in [-0.2, -0.15) is 0 Å². The predicted molar refractivity (Wildman–Crippen MR) is 150 cm³/mol. The van der Waals surface area contributed by atoms with E-state index in [2.05, 4.69) is 51.2 Å². The van der Waals surface area contributed by atoms with Gasteiger partial charge in [0, 0.05) is 37.3 Å². The van der Waals surface area contributed by atoms with E-state index in [4.69, 9.17) is 12.2 Å². The molecule has 3 fully saturated rings. The van der Waals surface area contributed by atoms with Crippen molar-refractivity contribution in [3.8, 4) is 0 Å². The Bertz CT molecular complexity index is 748. The van der Waals surface area contributed by atoms with E-state index in [0.717, 1.165) is 67.9 Å².